The summed E-state index contributed by atoms with van der Waals surface area (Å²) in [5.74, 6) is 0. The van der Waals surface area contributed by atoms with Gasteiger partial charge in [-0.3, -0.25) is 0 Å². The Morgan fingerprint density at radius 3 is 2.02 bits per heavy atom. The molecule has 2 heterocycles. The SMILES string of the molecule is CC1(C)c2ccccc2-c2c3c1cccc3cc1c2c2ccc3ccccc3c2n1-c1ccc2c(c1)c1ccccc1n2-c1ccccc1. The average molecular weight is 625 g/mol. The molecular formula is C47H32N2. The molecule has 2 aromatic heterocycles. The molecule has 0 amide bonds. The molecule has 1 aliphatic carbocycles. The van der Waals surface area contributed by atoms with Crippen LogP contribution in [0, 0.1) is 0 Å². The van der Waals surface area contributed by atoms with Gasteiger partial charge in [-0.05, 0) is 75.3 Å². The van der Waals surface area contributed by atoms with Crippen molar-refractivity contribution < 1.29 is 0 Å². The maximum absolute atomic E-state index is 2.55. The normalized spacial score (nSPS) is 13.7. The molecule has 0 fully saturated rings. The number of aromatic nitrogens is 2. The Kier molecular flexibility index (Phi) is 5.21. The Bertz CT molecular complexity index is 3010. The third-order valence-corrected chi connectivity index (χ3v) is 11.3. The van der Waals surface area contributed by atoms with E-state index in [4.69, 9.17) is 0 Å². The van der Waals surface area contributed by atoms with Crippen LogP contribution in [0.1, 0.15) is 25.0 Å². The van der Waals surface area contributed by atoms with Crippen molar-refractivity contribution in [2.75, 3.05) is 0 Å². The van der Waals surface area contributed by atoms with Crippen LogP contribution in [0.5, 0.6) is 0 Å². The minimum absolute atomic E-state index is 0.0974. The van der Waals surface area contributed by atoms with Crippen molar-refractivity contribution in [2.24, 2.45) is 0 Å². The molecule has 0 saturated carbocycles. The van der Waals surface area contributed by atoms with E-state index in [0.29, 0.717) is 0 Å². The van der Waals surface area contributed by atoms with Crippen LogP contribution in [0.3, 0.4) is 0 Å². The second kappa shape index (κ2) is 9.49. The van der Waals surface area contributed by atoms with E-state index in [0.717, 1.165) is 0 Å². The summed E-state index contributed by atoms with van der Waals surface area (Å²) in [7, 11) is 0. The number of para-hydroxylation sites is 2. The van der Waals surface area contributed by atoms with E-state index in [2.05, 4.69) is 181 Å². The van der Waals surface area contributed by atoms with Gasteiger partial charge in [-0.2, -0.15) is 0 Å². The largest absolute Gasteiger partial charge is 0.309 e. The predicted molar refractivity (Wildman–Crippen MR) is 208 cm³/mol. The van der Waals surface area contributed by atoms with Gasteiger partial charge in [0.2, 0.25) is 0 Å². The van der Waals surface area contributed by atoms with Gasteiger partial charge in [0.15, 0.2) is 0 Å². The second-order valence-corrected chi connectivity index (χ2v) is 14.1. The van der Waals surface area contributed by atoms with Crippen LogP contribution in [-0.2, 0) is 5.41 Å². The fraction of sp³-hybridized carbons (Fsp3) is 0.0638. The molecule has 8 aromatic carbocycles. The highest BCUT2D eigenvalue weighted by molar-refractivity contribution is 6.28. The Morgan fingerprint density at radius 1 is 0.408 bits per heavy atom. The minimum atomic E-state index is -0.0974. The van der Waals surface area contributed by atoms with Crippen molar-refractivity contribution in [2.45, 2.75) is 19.3 Å². The van der Waals surface area contributed by atoms with Crippen molar-refractivity contribution in [3.05, 3.63) is 169 Å². The smallest absolute Gasteiger partial charge is 0.0619 e. The van der Waals surface area contributed by atoms with Gasteiger partial charge in [-0.25, -0.2) is 0 Å². The Hall–Kier alpha value is -6.12. The number of hydrogen-bond donors (Lipinski definition) is 0. The summed E-state index contributed by atoms with van der Waals surface area (Å²) in [6.45, 7) is 4.76. The van der Waals surface area contributed by atoms with Crippen LogP contribution in [-0.4, -0.2) is 9.13 Å². The molecule has 0 unspecified atom stereocenters. The third-order valence-electron chi connectivity index (χ3n) is 11.3. The fourth-order valence-electron chi connectivity index (χ4n) is 9.11. The zero-order valence-electron chi connectivity index (χ0n) is 27.4. The zero-order valence-corrected chi connectivity index (χ0v) is 27.4. The van der Waals surface area contributed by atoms with Crippen LogP contribution in [0.15, 0.2) is 158 Å². The lowest BCUT2D eigenvalue weighted by Crippen LogP contribution is -2.23. The standard InChI is InChI=1S/C47H32N2/c1-47(2)38-20-10-8-19-35(38)45-43-30(14-12-21-39(43)47)27-42-44(45)36-25-23-29-13-6-7-17-33(29)46(36)49(42)32-24-26-41-37(28-32)34-18-9-11-22-40(34)48(41)31-15-4-3-5-16-31/h3-28H,1-2H3. The first kappa shape index (κ1) is 26.9. The van der Waals surface area contributed by atoms with Gasteiger partial charge in [-0.15, -0.1) is 0 Å². The maximum Gasteiger partial charge on any atom is 0.0619 e. The average Bonchev–Trinajstić information content (AvgIpc) is 3.66. The molecule has 0 N–H and O–H groups in total. The molecular weight excluding hydrogens is 593 g/mol. The summed E-state index contributed by atoms with van der Waals surface area (Å²) in [5, 5.41) is 10.3. The lowest BCUT2D eigenvalue weighted by molar-refractivity contribution is 0.645. The van der Waals surface area contributed by atoms with Crippen LogP contribution in [0.25, 0.3) is 87.7 Å². The first-order valence-electron chi connectivity index (χ1n) is 17.2. The molecule has 11 rings (SSSR count). The highest BCUT2D eigenvalue weighted by atomic mass is 15.0. The molecule has 0 aliphatic heterocycles. The Balaban J connectivity index is 1.34. The molecule has 2 heteroatoms. The lowest BCUT2D eigenvalue weighted by Gasteiger charge is -2.35. The fourth-order valence-corrected chi connectivity index (χ4v) is 9.11. The van der Waals surface area contributed by atoms with Gasteiger partial charge in [0.25, 0.3) is 0 Å². The molecule has 230 valence electrons. The van der Waals surface area contributed by atoms with Crippen LogP contribution < -0.4 is 0 Å². The van der Waals surface area contributed by atoms with Gasteiger partial charge in [0, 0.05) is 49.3 Å². The maximum atomic E-state index is 2.55. The molecule has 10 aromatic rings. The predicted octanol–water partition coefficient (Wildman–Crippen LogP) is 12.5. The molecule has 1 aliphatic rings. The van der Waals surface area contributed by atoms with Gasteiger partial charge in [0.05, 0.1) is 22.1 Å². The first-order valence-corrected chi connectivity index (χ1v) is 17.2. The highest BCUT2D eigenvalue weighted by Crippen LogP contribution is 2.53. The molecule has 0 radical (unpaired) electrons. The van der Waals surface area contributed by atoms with Crippen LogP contribution in [0.4, 0.5) is 0 Å². The molecule has 49 heavy (non-hydrogen) atoms. The Labute approximate surface area is 284 Å². The number of nitrogens with zero attached hydrogens (tertiary/aromatic N) is 2. The zero-order chi connectivity index (χ0) is 32.4. The summed E-state index contributed by atoms with van der Waals surface area (Å²) in [6.07, 6.45) is 0. The van der Waals surface area contributed by atoms with Gasteiger partial charge in [0.1, 0.15) is 0 Å². The van der Waals surface area contributed by atoms with Crippen LogP contribution in [0.2, 0.25) is 0 Å². The van der Waals surface area contributed by atoms with Crippen molar-refractivity contribution >= 4 is 65.2 Å². The van der Waals surface area contributed by atoms with Crippen molar-refractivity contribution in [1.29, 1.82) is 0 Å². The molecule has 0 saturated heterocycles. The summed E-state index contributed by atoms with van der Waals surface area (Å²) >= 11 is 0. The summed E-state index contributed by atoms with van der Waals surface area (Å²) in [6, 6.07) is 58.5. The first-order chi connectivity index (χ1) is 24.1. The third kappa shape index (κ3) is 3.45. The van der Waals surface area contributed by atoms with E-state index < -0.39 is 0 Å². The Morgan fingerprint density at radius 2 is 1.12 bits per heavy atom. The topological polar surface area (TPSA) is 9.86 Å². The molecule has 2 nitrogen and oxygen atoms in total. The van der Waals surface area contributed by atoms with Gasteiger partial charge in [-0.1, -0.05) is 129 Å². The van der Waals surface area contributed by atoms with Crippen molar-refractivity contribution in [3.8, 4) is 22.5 Å². The van der Waals surface area contributed by atoms with E-state index >= 15 is 0 Å². The summed E-state index contributed by atoms with van der Waals surface area (Å²) in [4.78, 5) is 0. The monoisotopic (exact) mass is 624 g/mol. The summed E-state index contributed by atoms with van der Waals surface area (Å²) < 4.78 is 4.94. The van der Waals surface area contributed by atoms with E-state index in [9.17, 15) is 0 Å². The highest BCUT2D eigenvalue weighted by Gasteiger charge is 2.35. The van der Waals surface area contributed by atoms with E-state index in [1.807, 2.05) is 0 Å². The van der Waals surface area contributed by atoms with Gasteiger partial charge >= 0.3 is 0 Å². The number of hydrogen-bond acceptors (Lipinski definition) is 0. The van der Waals surface area contributed by atoms with E-state index in [1.54, 1.807) is 0 Å². The molecule has 0 atom stereocenters. The number of fused-ring (bicyclic) bond motifs is 11. The molecule has 0 spiro atoms. The van der Waals surface area contributed by atoms with Crippen molar-refractivity contribution in [1.82, 2.24) is 9.13 Å². The summed E-state index contributed by atoms with van der Waals surface area (Å²) in [5.41, 5.74) is 12.7. The van der Waals surface area contributed by atoms with E-state index in [-0.39, 0.29) is 5.41 Å². The minimum Gasteiger partial charge on any atom is -0.309 e. The lowest BCUT2D eigenvalue weighted by atomic mass is 9.68. The number of benzene rings is 8. The van der Waals surface area contributed by atoms with Crippen molar-refractivity contribution in [3.63, 3.8) is 0 Å². The number of rotatable bonds is 2. The second-order valence-electron chi connectivity index (χ2n) is 14.1. The molecule has 0 bridgehead atoms. The van der Waals surface area contributed by atoms with E-state index in [1.165, 1.54) is 98.8 Å². The van der Waals surface area contributed by atoms with Gasteiger partial charge < -0.3 is 9.13 Å². The quantitative estimate of drug-likeness (QED) is 0.181. The van der Waals surface area contributed by atoms with Crippen LogP contribution >= 0.6 is 0 Å².